The predicted molar refractivity (Wildman–Crippen MR) is 91.4 cm³/mol. The molecule has 5 heteroatoms. The number of ketones is 1. The molecule has 126 valence electrons. The molecular weight excluding hydrogens is 313 g/mol. The number of carbonyl (C=O) groups excluding carboxylic acids is 2. The minimum Gasteiger partial charge on any atom is -0.342 e. The summed E-state index contributed by atoms with van der Waals surface area (Å²) in [5, 5.41) is 0. The summed E-state index contributed by atoms with van der Waals surface area (Å²) in [4.78, 5) is 25.8. The molecule has 0 atom stereocenters. The quantitative estimate of drug-likeness (QED) is 0.457. The number of nitrogens with zero attached hydrogens (tertiary/aromatic N) is 1. The Bertz CT molecular complexity index is 568. The van der Waals surface area contributed by atoms with Crippen molar-refractivity contribution in [3.05, 3.63) is 29.6 Å². The van der Waals surface area contributed by atoms with E-state index in [0.717, 1.165) is 12.8 Å². The van der Waals surface area contributed by atoms with Gasteiger partial charge in [0.1, 0.15) is 5.82 Å². The highest BCUT2D eigenvalue weighted by Crippen LogP contribution is 2.25. The van der Waals surface area contributed by atoms with Gasteiger partial charge in [-0.15, -0.1) is 11.8 Å². The summed E-state index contributed by atoms with van der Waals surface area (Å²) in [5.74, 6) is -0.335. The second kappa shape index (κ2) is 8.48. The minimum absolute atomic E-state index is 0.0388. The Morgan fingerprint density at radius 2 is 1.87 bits per heavy atom. The standard InChI is InChI=1S/C18H24FNO2S/c1-13(21)14-9-10-17(16(19)11-14)23-12-18(22)20(2)15-7-5-3-4-6-8-15/h9-11,15H,3-8,12H2,1-2H3. The van der Waals surface area contributed by atoms with Gasteiger partial charge in [-0.2, -0.15) is 0 Å². The van der Waals surface area contributed by atoms with E-state index < -0.39 is 5.82 Å². The molecule has 2 rings (SSSR count). The van der Waals surface area contributed by atoms with Gasteiger partial charge in [-0.25, -0.2) is 4.39 Å². The minimum atomic E-state index is -0.437. The number of benzene rings is 1. The highest BCUT2D eigenvalue weighted by atomic mass is 32.2. The third-order valence-electron chi connectivity index (χ3n) is 4.46. The van der Waals surface area contributed by atoms with Crippen LogP contribution in [0.15, 0.2) is 23.1 Å². The van der Waals surface area contributed by atoms with Crippen molar-refractivity contribution in [2.24, 2.45) is 0 Å². The van der Waals surface area contributed by atoms with Crippen molar-refractivity contribution in [3.63, 3.8) is 0 Å². The Labute approximate surface area is 141 Å². The maximum atomic E-state index is 14.0. The van der Waals surface area contributed by atoms with Crippen LogP contribution >= 0.6 is 11.8 Å². The molecule has 1 fully saturated rings. The molecule has 1 aliphatic rings. The molecule has 0 bridgehead atoms. The summed E-state index contributed by atoms with van der Waals surface area (Å²) < 4.78 is 14.0. The van der Waals surface area contributed by atoms with E-state index in [-0.39, 0.29) is 17.4 Å². The van der Waals surface area contributed by atoms with Crippen LogP contribution < -0.4 is 0 Å². The molecule has 23 heavy (non-hydrogen) atoms. The van der Waals surface area contributed by atoms with Crippen molar-refractivity contribution < 1.29 is 14.0 Å². The molecule has 0 aliphatic heterocycles. The zero-order valence-corrected chi connectivity index (χ0v) is 14.6. The van der Waals surface area contributed by atoms with Crippen molar-refractivity contribution in [1.82, 2.24) is 4.90 Å². The summed E-state index contributed by atoms with van der Waals surface area (Å²) in [6, 6.07) is 4.74. The lowest BCUT2D eigenvalue weighted by molar-refractivity contribution is -0.129. The van der Waals surface area contributed by atoms with E-state index in [1.165, 1.54) is 50.4 Å². The Hall–Kier alpha value is -1.36. The summed E-state index contributed by atoms with van der Waals surface area (Å²) in [7, 11) is 1.86. The third kappa shape index (κ3) is 5.06. The number of thioether (sulfide) groups is 1. The van der Waals surface area contributed by atoms with Crippen LogP contribution in [0.4, 0.5) is 4.39 Å². The van der Waals surface area contributed by atoms with Gasteiger partial charge in [-0.1, -0.05) is 31.7 Å². The second-order valence-electron chi connectivity index (χ2n) is 6.14. The zero-order valence-electron chi connectivity index (χ0n) is 13.8. The van der Waals surface area contributed by atoms with E-state index in [2.05, 4.69) is 0 Å². The van der Waals surface area contributed by atoms with Gasteiger partial charge in [0, 0.05) is 23.5 Å². The van der Waals surface area contributed by atoms with Gasteiger partial charge in [-0.05, 0) is 31.9 Å². The third-order valence-corrected chi connectivity index (χ3v) is 5.49. The van der Waals surface area contributed by atoms with Crippen molar-refractivity contribution in [1.29, 1.82) is 0 Å². The van der Waals surface area contributed by atoms with Crippen molar-refractivity contribution >= 4 is 23.5 Å². The molecule has 0 N–H and O–H groups in total. The lowest BCUT2D eigenvalue weighted by Gasteiger charge is -2.27. The Kier molecular flexibility index (Phi) is 6.63. The number of Topliss-reactive ketones (excluding diaryl/α,β-unsaturated/α-hetero) is 1. The first-order valence-corrected chi connectivity index (χ1v) is 9.16. The summed E-state index contributed by atoms with van der Waals surface area (Å²) in [6.07, 6.45) is 6.98. The number of hydrogen-bond donors (Lipinski definition) is 0. The van der Waals surface area contributed by atoms with Crippen LogP contribution in [0, 0.1) is 5.82 Å². The van der Waals surface area contributed by atoms with Crippen LogP contribution in [-0.4, -0.2) is 35.4 Å². The van der Waals surface area contributed by atoms with Gasteiger partial charge >= 0.3 is 0 Å². The maximum Gasteiger partial charge on any atom is 0.232 e. The summed E-state index contributed by atoms with van der Waals surface area (Å²) in [5.41, 5.74) is 0.355. The molecule has 0 saturated heterocycles. The van der Waals surface area contributed by atoms with Crippen molar-refractivity contribution in [2.75, 3.05) is 12.8 Å². The Morgan fingerprint density at radius 1 is 1.22 bits per heavy atom. The van der Waals surface area contributed by atoms with Gasteiger partial charge < -0.3 is 4.90 Å². The van der Waals surface area contributed by atoms with E-state index in [1.807, 2.05) is 11.9 Å². The fourth-order valence-corrected chi connectivity index (χ4v) is 3.77. The first-order valence-electron chi connectivity index (χ1n) is 8.18. The lowest BCUT2D eigenvalue weighted by Crippen LogP contribution is -2.37. The molecule has 1 aromatic rings. The molecule has 1 aliphatic carbocycles. The molecule has 0 spiro atoms. The van der Waals surface area contributed by atoms with Crippen LogP contribution in [0.25, 0.3) is 0 Å². The maximum absolute atomic E-state index is 14.0. The number of rotatable bonds is 5. The first-order chi connectivity index (χ1) is 11.0. The second-order valence-corrected chi connectivity index (χ2v) is 7.16. The van der Waals surface area contributed by atoms with Crippen molar-refractivity contribution in [2.45, 2.75) is 56.4 Å². The Balaban J connectivity index is 1.91. The predicted octanol–water partition coefficient (Wildman–Crippen LogP) is 4.30. The van der Waals surface area contributed by atoms with Crippen LogP contribution in [-0.2, 0) is 4.79 Å². The van der Waals surface area contributed by atoms with E-state index in [4.69, 9.17) is 0 Å². The SMILES string of the molecule is CC(=O)c1ccc(SCC(=O)N(C)C2CCCCCC2)c(F)c1. The lowest BCUT2D eigenvalue weighted by atomic mass is 10.1. The van der Waals surface area contributed by atoms with E-state index in [9.17, 15) is 14.0 Å². The molecule has 0 heterocycles. The first kappa shape index (κ1) is 18.0. The van der Waals surface area contributed by atoms with Gasteiger partial charge in [0.25, 0.3) is 0 Å². The molecule has 3 nitrogen and oxygen atoms in total. The van der Waals surface area contributed by atoms with Gasteiger partial charge in [-0.3, -0.25) is 9.59 Å². The van der Waals surface area contributed by atoms with Gasteiger partial charge in [0.15, 0.2) is 5.78 Å². The molecule has 0 unspecified atom stereocenters. The molecule has 1 aromatic carbocycles. The molecule has 0 aromatic heterocycles. The van der Waals surface area contributed by atoms with E-state index >= 15 is 0 Å². The average Bonchev–Trinajstić information content (AvgIpc) is 2.81. The average molecular weight is 337 g/mol. The van der Waals surface area contributed by atoms with Gasteiger partial charge in [0.2, 0.25) is 5.91 Å². The fraction of sp³-hybridized carbons (Fsp3) is 0.556. The van der Waals surface area contributed by atoms with E-state index in [0.29, 0.717) is 16.5 Å². The molecule has 0 radical (unpaired) electrons. The van der Waals surface area contributed by atoms with Crippen molar-refractivity contribution in [3.8, 4) is 0 Å². The molecular formula is C18H24FNO2S. The number of halogens is 1. The molecule has 1 saturated carbocycles. The summed E-state index contributed by atoms with van der Waals surface area (Å²) in [6.45, 7) is 1.41. The smallest absolute Gasteiger partial charge is 0.232 e. The normalized spacial score (nSPS) is 16.0. The zero-order chi connectivity index (χ0) is 16.8. The number of carbonyl (C=O) groups is 2. The monoisotopic (exact) mass is 337 g/mol. The van der Waals surface area contributed by atoms with Crippen LogP contribution in [0.3, 0.4) is 0 Å². The van der Waals surface area contributed by atoms with Gasteiger partial charge in [0.05, 0.1) is 5.75 Å². The highest BCUT2D eigenvalue weighted by Gasteiger charge is 2.21. The van der Waals surface area contributed by atoms with Crippen LogP contribution in [0.5, 0.6) is 0 Å². The Morgan fingerprint density at radius 3 is 2.43 bits per heavy atom. The van der Waals surface area contributed by atoms with E-state index in [1.54, 1.807) is 12.1 Å². The number of amides is 1. The topological polar surface area (TPSA) is 37.4 Å². The fourth-order valence-electron chi connectivity index (χ4n) is 2.93. The summed E-state index contributed by atoms with van der Waals surface area (Å²) >= 11 is 1.20. The van der Waals surface area contributed by atoms with Crippen LogP contribution in [0.1, 0.15) is 55.8 Å². The number of hydrogen-bond acceptors (Lipinski definition) is 3. The van der Waals surface area contributed by atoms with Crippen LogP contribution in [0.2, 0.25) is 0 Å². The largest absolute Gasteiger partial charge is 0.342 e. The highest BCUT2D eigenvalue weighted by molar-refractivity contribution is 8.00. The molecule has 1 amide bonds.